The van der Waals surface area contributed by atoms with Crippen molar-refractivity contribution in [2.24, 2.45) is 0 Å². The molecule has 0 aromatic heterocycles. The summed E-state index contributed by atoms with van der Waals surface area (Å²) in [5.74, 6) is 0. The third kappa shape index (κ3) is 5.62. The molecule has 0 spiro atoms. The van der Waals surface area contributed by atoms with E-state index in [4.69, 9.17) is 18.3 Å². The molecular weight excluding hydrogens is 280 g/mol. The van der Waals surface area contributed by atoms with E-state index in [9.17, 15) is 5.11 Å². The molecule has 1 saturated heterocycles. The van der Waals surface area contributed by atoms with Gasteiger partial charge in [-0.1, -0.05) is 0 Å². The number of methoxy groups -OCH3 is 1. The fraction of sp³-hybridized carbons (Fsp3) is 1.00. The number of aliphatic hydroxyl groups is 1. The summed E-state index contributed by atoms with van der Waals surface area (Å²) in [6, 6.07) is 0. The fourth-order valence-corrected chi connectivity index (χ4v) is 4.31. The van der Waals surface area contributed by atoms with E-state index in [1.54, 1.807) is 7.11 Å². The van der Waals surface area contributed by atoms with E-state index in [1.807, 2.05) is 0 Å². The molecule has 1 aliphatic heterocycles. The molecule has 1 N–H and O–H groups in total. The maximum atomic E-state index is 10.0. The second kappa shape index (κ2) is 6.34. The monoisotopic (exact) mass is 308 g/mol. The van der Waals surface area contributed by atoms with Gasteiger partial charge in [-0.3, -0.25) is 0 Å². The highest BCUT2D eigenvalue weighted by molar-refractivity contribution is 6.70. The second-order valence-electron chi connectivity index (χ2n) is 6.89. The fourth-order valence-electron chi connectivity index (χ4n) is 2.13. The van der Waals surface area contributed by atoms with Gasteiger partial charge in [-0.25, -0.2) is 0 Å². The molecule has 0 saturated carbocycles. The third-order valence-corrected chi connectivity index (χ3v) is 4.66. The van der Waals surface area contributed by atoms with Gasteiger partial charge in [0.15, 0.2) is 22.9 Å². The molecule has 0 aliphatic carbocycles. The van der Waals surface area contributed by atoms with Crippen molar-refractivity contribution < 1.29 is 23.4 Å². The molecule has 1 rings (SSSR count). The van der Waals surface area contributed by atoms with Gasteiger partial charge in [-0.2, -0.15) is 0 Å². The first-order valence-electron chi connectivity index (χ1n) is 6.71. The molecule has 0 bridgehead atoms. The second-order valence-corrected chi connectivity index (χ2v) is 15.8. The average molecular weight is 309 g/mol. The molecular formula is C12H28O5Si2. The van der Waals surface area contributed by atoms with E-state index in [1.165, 1.54) is 0 Å². The van der Waals surface area contributed by atoms with Crippen LogP contribution in [-0.4, -0.2) is 60.1 Å². The van der Waals surface area contributed by atoms with Gasteiger partial charge in [0.25, 0.3) is 0 Å². The van der Waals surface area contributed by atoms with Crippen LogP contribution >= 0.6 is 0 Å². The van der Waals surface area contributed by atoms with Crippen molar-refractivity contribution in [1.82, 2.24) is 0 Å². The molecule has 114 valence electrons. The number of rotatable bonds is 5. The minimum atomic E-state index is -1.80. The normalized spacial score (nSPS) is 33.5. The zero-order valence-electron chi connectivity index (χ0n) is 13.1. The Balaban J connectivity index is 2.82. The van der Waals surface area contributed by atoms with Gasteiger partial charge >= 0.3 is 0 Å². The Morgan fingerprint density at radius 3 is 1.89 bits per heavy atom. The highest BCUT2D eigenvalue weighted by Crippen LogP contribution is 2.26. The molecule has 4 atom stereocenters. The van der Waals surface area contributed by atoms with Crippen molar-refractivity contribution in [2.45, 2.75) is 63.9 Å². The predicted octanol–water partition coefficient (Wildman–Crippen LogP) is 1.79. The lowest BCUT2D eigenvalue weighted by Gasteiger charge is -2.43. The van der Waals surface area contributed by atoms with E-state index in [-0.39, 0.29) is 12.2 Å². The molecule has 19 heavy (non-hydrogen) atoms. The van der Waals surface area contributed by atoms with Crippen LogP contribution in [0.2, 0.25) is 39.3 Å². The van der Waals surface area contributed by atoms with E-state index in [0.29, 0.717) is 6.61 Å². The standard InChI is InChI=1S/C12H28O5Si2/c1-14-10-9(16-18(2,3)4)8-15-12(13)11(10)17-19(5,6)7/h9-13H,8H2,1-7H3/t9-,10+,11-,12?/m0/s1. The zero-order chi connectivity index (χ0) is 14.8. The summed E-state index contributed by atoms with van der Waals surface area (Å²) in [5, 5.41) is 10.0. The number of hydrogen-bond donors (Lipinski definition) is 1. The van der Waals surface area contributed by atoms with Gasteiger partial charge in [-0.15, -0.1) is 0 Å². The van der Waals surface area contributed by atoms with Gasteiger partial charge in [0.1, 0.15) is 12.2 Å². The van der Waals surface area contributed by atoms with Crippen LogP contribution in [0.5, 0.6) is 0 Å². The molecule has 1 fully saturated rings. The highest BCUT2D eigenvalue weighted by Gasteiger charge is 2.44. The van der Waals surface area contributed by atoms with Crippen LogP contribution in [0, 0.1) is 0 Å². The molecule has 0 radical (unpaired) electrons. The van der Waals surface area contributed by atoms with Gasteiger partial charge in [0, 0.05) is 7.11 Å². The molecule has 5 nitrogen and oxygen atoms in total. The van der Waals surface area contributed by atoms with E-state index >= 15 is 0 Å². The van der Waals surface area contributed by atoms with Crippen LogP contribution in [0.4, 0.5) is 0 Å². The summed E-state index contributed by atoms with van der Waals surface area (Å²) in [4.78, 5) is 0. The Hall–Kier alpha value is 0.234. The Kier molecular flexibility index (Phi) is 5.77. The number of aliphatic hydroxyl groups excluding tert-OH is 1. The molecule has 7 heteroatoms. The van der Waals surface area contributed by atoms with Gasteiger partial charge < -0.3 is 23.4 Å². The maximum absolute atomic E-state index is 10.0. The van der Waals surface area contributed by atoms with Crippen LogP contribution in [-0.2, 0) is 18.3 Å². The van der Waals surface area contributed by atoms with Crippen molar-refractivity contribution in [3.8, 4) is 0 Å². The molecule has 1 heterocycles. The summed E-state index contributed by atoms with van der Waals surface area (Å²) >= 11 is 0. The van der Waals surface area contributed by atoms with Crippen LogP contribution < -0.4 is 0 Å². The predicted molar refractivity (Wildman–Crippen MR) is 79.2 cm³/mol. The topological polar surface area (TPSA) is 57.2 Å². The third-order valence-electron chi connectivity index (χ3n) is 2.67. The SMILES string of the molecule is CO[C@@H]1[C@@H](O[Si](C)(C)C)COC(O)[C@H]1O[Si](C)(C)C. The lowest BCUT2D eigenvalue weighted by Crippen LogP contribution is -2.59. The summed E-state index contributed by atoms with van der Waals surface area (Å²) < 4.78 is 23.0. The van der Waals surface area contributed by atoms with Crippen molar-refractivity contribution in [1.29, 1.82) is 0 Å². The van der Waals surface area contributed by atoms with Gasteiger partial charge in [0.2, 0.25) is 0 Å². The Bertz CT molecular complexity index is 287. The molecule has 0 aromatic carbocycles. The smallest absolute Gasteiger partial charge is 0.184 e. The first-order valence-corrected chi connectivity index (χ1v) is 13.5. The van der Waals surface area contributed by atoms with Crippen molar-refractivity contribution in [3.63, 3.8) is 0 Å². The molecule has 1 aliphatic rings. The summed E-state index contributed by atoms with van der Waals surface area (Å²) in [6.07, 6.45) is -1.89. The van der Waals surface area contributed by atoms with Crippen molar-refractivity contribution in [3.05, 3.63) is 0 Å². The van der Waals surface area contributed by atoms with Gasteiger partial charge in [-0.05, 0) is 39.3 Å². The first-order chi connectivity index (χ1) is 8.53. The Morgan fingerprint density at radius 1 is 0.947 bits per heavy atom. The van der Waals surface area contributed by atoms with E-state index in [2.05, 4.69) is 39.3 Å². The van der Waals surface area contributed by atoms with Crippen LogP contribution in [0.1, 0.15) is 0 Å². The Labute approximate surface area is 118 Å². The minimum absolute atomic E-state index is 0.179. The van der Waals surface area contributed by atoms with E-state index in [0.717, 1.165) is 0 Å². The largest absolute Gasteiger partial charge is 0.410 e. The highest BCUT2D eigenvalue weighted by atomic mass is 28.4. The zero-order valence-corrected chi connectivity index (χ0v) is 15.1. The lowest BCUT2D eigenvalue weighted by molar-refractivity contribution is -0.249. The Morgan fingerprint density at radius 2 is 1.47 bits per heavy atom. The minimum Gasteiger partial charge on any atom is -0.410 e. The van der Waals surface area contributed by atoms with Gasteiger partial charge in [0.05, 0.1) is 12.7 Å². The van der Waals surface area contributed by atoms with Crippen LogP contribution in [0.15, 0.2) is 0 Å². The summed E-state index contributed by atoms with van der Waals surface area (Å²) in [6.45, 7) is 13.0. The number of hydrogen-bond acceptors (Lipinski definition) is 5. The molecule has 0 aromatic rings. The maximum Gasteiger partial charge on any atom is 0.184 e. The molecule has 1 unspecified atom stereocenters. The molecule has 0 amide bonds. The quantitative estimate of drug-likeness (QED) is 0.785. The summed E-state index contributed by atoms with van der Waals surface area (Å²) in [7, 11) is -1.87. The van der Waals surface area contributed by atoms with Crippen LogP contribution in [0.3, 0.4) is 0 Å². The number of ether oxygens (including phenoxy) is 2. The van der Waals surface area contributed by atoms with Crippen molar-refractivity contribution in [2.75, 3.05) is 13.7 Å². The van der Waals surface area contributed by atoms with Crippen molar-refractivity contribution >= 4 is 16.6 Å². The van der Waals surface area contributed by atoms with Crippen LogP contribution in [0.25, 0.3) is 0 Å². The lowest BCUT2D eigenvalue weighted by atomic mass is 10.1. The average Bonchev–Trinajstić information content (AvgIpc) is 2.19. The summed E-state index contributed by atoms with van der Waals surface area (Å²) in [5.41, 5.74) is 0. The first kappa shape index (κ1) is 17.3. The van der Waals surface area contributed by atoms with E-state index < -0.39 is 29.0 Å².